The number of carbonyl (C=O) groups excluding carboxylic acids is 1. The number of halogens is 2. The molecule has 0 atom stereocenters. The van der Waals surface area contributed by atoms with Crippen LogP contribution >= 0.6 is 27.5 Å². The fourth-order valence-electron chi connectivity index (χ4n) is 3.90. The Morgan fingerprint density at radius 3 is 2.55 bits per heavy atom. The highest BCUT2D eigenvalue weighted by Gasteiger charge is 2.31. The third-order valence-corrected chi connectivity index (χ3v) is 6.34. The fraction of sp³-hybridized carbons (Fsp3) is 0.222. The van der Waals surface area contributed by atoms with Crippen molar-refractivity contribution < 1.29 is 14.3 Å². The van der Waals surface area contributed by atoms with Crippen LogP contribution in [0.2, 0.25) is 5.02 Å². The normalized spacial score (nSPS) is 14.0. The summed E-state index contributed by atoms with van der Waals surface area (Å²) in [7, 11) is 0. The van der Waals surface area contributed by atoms with E-state index in [1.165, 1.54) is 0 Å². The molecule has 0 aromatic heterocycles. The second-order valence-electron chi connectivity index (χ2n) is 7.68. The van der Waals surface area contributed by atoms with E-state index < -0.39 is 0 Å². The quantitative estimate of drug-likeness (QED) is 0.288. The van der Waals surface area contributed by atoms with Crippen LogP contribution in [0.5, 0.6) is 11.5 Å². The number of fused-ring (bicyclic) bond motifs is 1. The van der Waals surface area contributed by atoms with Gasteiger partial charge in [-0.1, -0.05) is 54.9 Å². The monoisotopic (exact) mass is 525 g/mol. The second-order valence-corrected chi connectivity index (χ2v) is 8.94. The lowest BCUT2D eigenvalue weighted by Gasteiger charge is -2.16. The van der Waals surface area contributed by atoms with Crippen molar-refractivity contribution in [1.29, 1.82) is 0 Å². The number of hydrogen-bond donors (Lipinski definition) is 0. The maximum absolute atomic E-state index is 13.2. The highest BCUT2D eigenvalue weighted by molar-refractivity contribution is 9.10. The van der Waals surface area contributed by atoms with E-state index in [-0.39, 0.29) is 5.91 Å². The van der Waals surface area contributed by atoms with Crippen molar-refractivity contribution in [2.24, 2.45) is 0 Å². The Labute approximate surface area is 207 Å². The van der Waals surface area contributed by atoms with Crippen LogP contribution in [0.3, 0.4) is 0 Å². The summed E-state index contributed by atoms with van der Waals surface area (Å²) in [5.41, 5.74) is 4.33. The molecule has 0 saturated carbocycles. The largest absolute Gasteiger partial charge is 0.490 e. The highest BCUT2D eigenvalue weighted by atomic mass is 79.9. The highest BCUT2D eigenvalue weighted by Crippen LogP contribution is 2.41. The van der Waals surface area contributed by atoms with Gasteiger partial charge in [0.05, 0.1) is 16.8 Å². The summed E-state index contributed by atoms with van der Waals surface area (Å²) in [6.07, 6.45) is 2.81. The Kier molecular flexibility index (Phi) is 7.41. The lowest BCUT2D eigenvalue weighted by Crippen LogP contribution is -2.26. The molecular formula is C27H25BrClNO3. The first kappa shape index (κ1) is 23.4. The molecule has 4 nitrogen and oxygen atoms in total. The van der Waals surface area contributed by atoms with Gasteiger partial charge in [0.15, 0.2) is 11.5 Å². The molecule has 1 amide bonds. The molecule has 1 aliphatic heterocycles. The van der Waals surface area contributed by atoms with E-state index in [9.17, 15) is 4.79 Å². The number of carbonyl (C=O) groups is 1. The van der Waals surface area contributed by atoms with Crippen molar-refractivity contribution in [2.75, 3.05) is 18.1 Å². The van der Waals surface area contributed by atoms with Crippen LogP contribution < -0.4 is 14.4 Å². The summed E-state index contributed by atoms with van der Waals surface area (Å²) < 4.78 is 12.7. The molecule has 0 bridgehead atoms. The van der Waals surface area contributed by atoms with Crippen LogP contribution in [-0.2, 0) is 11.4 Å². The molecule has 6 heteroatoms. The maximum atomic E-state index is 13.2. The van der Waals surface area contributed by atoms with Gasteiger partial charge in [0.1, 0.15) is 6.61 Å². The van der Waals surface area contributed by atoms with Crippen molar-refractivity contribution in [1.82, 2.24) is 0 Å². The lowest BCUT2D eigenvalue weighted by atomic mass is 10.0. The average Bonchev–Trinajstić information content (AvgIpc) is 3.06. The lowest BCUT2D eigenvalue weighted by molar-refractivity contribution is -0.113. The van der Waals surface area contributed by atoms with Crippen molar-refractivity contribution in [2.45, 2.75) is 26.9 Å². The molecule has 3 aromatic rings. The Hall–Kier alpha value is -2.76. The number of anilines is 1. The van der Waals surface area contributed by atoms with Gasteiger partial charge in [-0.2, -0.15) is 0 Å². The average molecular weight is 527 g/mol. The number of hydrogen-bond acceptors (Lipinski definition) is 3. The van der Waals surface area contributed by atoms with Gasteiger partial charge in [0, 0.05) is 28.3 Å². The van der Waals surface area contributed by atoms with Crippen LogP contribution in [0.4, 0.5) is 5.69 Å². The van der Waals surface area contributed by atoms with E-state index in [2.05, 4.69) is 22.9 Å². The van der Waals surface area contributed by atoms with E-state index in [4.69, 9.17) is 21.1 Å². The van der Waals surface area contributed by atoms with Gasteiger partial charge >= 0.3 is 0 Å². The maximum Gasteiger partial charge on any atom is 0.258 e. The van der Waals surface area contributed by atoms with Gasteiger partial charge < -0.3 is 14.4 Å². The first-order valence-corrected chi connectivity index (χ1v) is 12.2. The Morgan fingerprint density at radius 1 is 1.03 bits per heavy atom. The molecular weight excluding hydrogens is 502 g/mol. The zero-order chi connectivity index (χ0) is 23.4. The summed E-state index contributed by atoms with van der Waals surface area (Å²) in [6, 6.07) is 19.3. The molecule has 1 aliphatic rings. The summed E-state index contributed by atoms with van der Waals surface area (Å²) in [5.74, 6) is 1.23. The van der Waals surface area contributed by atoms with Gasteiger partial charge in [-0.3, -0.25) is 4.79 Å². The van der Waals surface area contributed by atoms with Crippen molar-refractivity contribution >= 4 is 50.8 Å². The van der Waals surface area contributed by atoms with Gasteiger partial charge in [0.2, 0.25) is 0 Å². The van der Waals surface area contributed by atoms with E-state index in [1.54, 1.807) is 0 Å². The van der Waals surface area contributed by atoms with Crippen molar-refractivity contribution in [3.8, 4) is 11.5 Å². The molecule has 0 radical (unpaired) electrons. The van der Waals surface area contributed by atoms with Crippen LogP contribution in [0, 0.1) is 0 Å². The van der Waals surface area contributed by atoms with Crippen LogP contribution in [0.25, 0.3) is 11.6 Å². The Bertz CT molecular complexity index is 1210. The predicted molar refractivity (Wildman–Crippen MR) is 138 cm³/mol. The number of ether oxygens (including phenoxy) is 2. The minimum Gasteiger partial charge on any atom is -0.490 e. The smallest absolute Gasteiger partial charge is 0.258 e. The first-order valence-electron chi connectivity index (χ1n) is 11.0. The molecule has 1 heterocycles. The topological polar surface area (TPSA) is 38.8 Å². The van der Waals surface area contributed by atoms with Crippen molar-refractivity contribution in [3.05, 3.63) is 86.8 Å². The molecule has 0 N–H and O–H groups in total. The van der Waals surface area contributed by atoms with Gasteiger partial charge in [-0.05, 0) is 65.2 Å². The zero-order valence-corrected chi connectivity index (χ0v) is 20.9. The summed E-state index contributed by atoms with van der Waals surface area (Å²) >= 11 is 9.90. The first-order chi connectivity index (χ1) is 16.0. The molecule has 0 unspecified atom stereocenters. The number of nitrogens with zero attached hydrogens (tertiary/aromatic N) is 1. The third kappa shape index (κ3) is 4.94. The van der Waals surface area contributed by atoms with Crippen molar-refractivity contribution in [3.63, 3.8) is 0 Å². The molecule has 170 valence electrons. The molecule has 4 rings (SSSR count). The molecule has 0 fully saturated rings. The van der Waals surface area contributed by atoms with E-state index in [0.29, 0.717) is 41.9 Å². The summed E-state index contributed by atoms with van der Waals surface area (Å²) in [4.78, 5) is 15.0. The standard InChI is InChI=1S/C27H25BrClNO3/c1-3-13-30-24-12-8-6-10-20(24)21(27(30)31)14-18-15-22(28)26(25(16-18)32-4-2)33-17-19-9-5-7-11-23(19)29/h5-12,14-16H,3-4,13,17H2,1-2H3/b21-14-. The SMILES string of the molecule is CCCN1C(=O)/C(=C\c2cc(Br)c(OCc3ccccc3Cl)c(OCC)c2)c2ccccc21. The Balaban J connectivity index is 1.69. The minimum absolute atomic E-state index is 0.0196. The third-order valence-electron chi connectivity index (χ3n) is 5.38. The summed E-state index contributed by atoms with van der Waals surface area (Å²) in [5, 5.41) is 0.656. The minimum atomic E-state index is 0.0196. The molecule has 3 aromatic carbocycles. The van der Waals surface area contributed by atoms with Crippen LogP contribution in [0.15, 0.2) is 65.1 Å². The number of para-hydroxylation sites is 1. The fourth-order valence-corrected chi connectivity index (χ4v) is 4.66. The molecule has 0 saturated heterocycles. The number of benzene rings is 3. The molecule has 0 aliphatic carbocycles. The van der Waals surface area contributed by atoms with E-state index in [0.717, 1.165) is 33.3 Å². The van der Waals surface area contributed by atoms with Crippen LogP contribution in [0.1, 0.15) is 37.0 Å². The molecule has 33 heavy (non-hydrogen) atoms. The molecule has 0 spiro atoms. The summed E-state index contributed by atoms with van der Waals surface area (Å²) in [6.45, 7) is 5.49. The Morgan fingerprint density at radius 2 is 1.79 bits per heavy atom. The van der Waals surface area contributed by atoms with Gasteiger partial charge in [0.25, 0.3) is 5.91 Å². The van der Waals surface area contributed by atoms with Crippen LogP contribution in [-0.4, -0.2) is 19.1 Å². The number of rotatable bonds is 8. The van der Waals surface area contributed by atoms with Gasteiger partial charge in [-0.25, -0.2) is 0 Å². The zero-order valence-electron chi connectivity index (χ0n) is 18.6. The van der Waals surface area contributed by atoms with E-state index in [1.807, 2.05) is 78.6 Å². The predicted octanol–water partition coefficient (Wildman–Crippen LogP) is 7.38. The van der Waals surface area contributed by atoms with E-state index >= 15 is 0 Å². The second kappa shape index (κ2) is 10.4. The van der Waals surface area contributed by atoms with Gasteiger partial charge in [-0.15, -0.1) is 0 Å². The number of amides is 1.